The van der Waals surface area contributed by atoms with E-state index in [1.54, 1.807) is 7.11 Å². The first-order valence-electron chi connectivity index (χ1n) is 6.83. The van der Waals surface area contributed by atoms with Crippen molar-refractivity contribution in [3.63, 3.8) is 0 Å². The van der Waals surface area contributed by atoms with Crippen LogP contribution in [0.3, 0.4) is 0 Å². The molecule has 1 aliphatic rings. The zero-order valence-electron chi connectivity index (χ0n) is 12.1. The fourth-order valence-corrected chi connectivity index (χ4v) is 2.50. The molecule has 1 fully saturated rings. The zero-order valence-corrected chi connectivity index (χ0v) is 12.1. The second-order valence-electron chi connectivity index (χ2n) is 6.09. The van der Waals surface area contributed by atoms with Crippen LogP contribution in [0.1, 0.15) is 37.8 Å². The lowest BCUT2D eigenvalue weighted by Crippen LogP contribution is -2.36. The van der Waals surface area contributed by atoms with Gasteiger partial charge in [0.15, 0.2) is 0 Å². The molecular weight excluding hydrogens is 236 g/mol. The Morgan fingerprint density at radius 3 is 2.58 bits per heavy atom. The summed E-state index contributed by atoms with van der Waals surface area (Å²) in [7, 11) is 1.61. The van der Waals surface area contributed by atoms with E-state index in [0.29, 0.717) is 16.7 Å². The summed E-state index contributed by atoms with van der Waals surface area (Å²) in [5, 5.41) is 8.98. The van der Waals surface area contributed by atoms with Crippen LogP contribution in [-0.4, -0.2) is 25.1 Å². The van der Waals surface area contributed by atoms with Crippen molar-refractivity contribution in [1.82, 2.24) is 4.90 Å². The third-order valence-electron chi connectivity index (χ3n) is 4.00. The summed E-state index contributed by atoms with van der Waals surface area (Å²) in [5.41, 5.74) is 2.31. The van der Waals surface area contributed by atoms with Gasteiger partial charge < -0.3 is 4.74 Å². The SMILES string of the molecule is COc1cc(CN2CCC(C)(C)CC2)ccc1C#N. The number of likely N-dealkylation sites (tertiary alicyclic amines) is 1. The summed E-state index contributed by atoms with van der Waals surface area (Å²) in [6, 6.07) is 8.01. The molecule has 102 valence electrons. The molecule has 0 aliphatic carbocycles. The molecule has 0 N–H and O–H groups in total. The maximum absolute atomic E-state index is 8.98. The number of methoxy groups -OCH3 is 1. The van der Waals surface area contributed by atoms with Gasteiger partial charge in [-0.1, -0.05) is 19.9 Å². The number of nitrogens with zero attached hydrogens (tertiary/aromatic N) is 2. The zero-order chi connectivity index (χ0) is 13.9. The molecule has 0 aromatic heterocycles. The standard InChI is InChI=1S/C16H22N2O/c1-16(2)6-8-18(9-7-16)12-13-4-5-14(11-17)15(10-13)19-3/h4-5,10H,6-9,12H2,1-3H3. The third-order valence-corrected chi connectivity index (χ3v) is 4.00. The molecule has 1 aromatic rings. The Morgan fingerprint density at radius 1 is 1.32 bits per heavy atom. The minimum Gasteiger partial charge on any atom is -0.495 e. The van der Waals surface area contributed by atoms with Crippen molar-refractivity contribution in [2.45, 2.75) is 33.2 Å². The summed E-state index contributed by atoms with van der Waals surface area (Å²) in [5.74, 6) is 0.678. The topological polar surface area (TPSA) is 36.3 Å². The second-order valence-corrected chi connectivity index (χ2v) is 6.09. The van der Waals surface area contributed by atoms with E-state index in [2.05, 4.69) is 24.8 Å². The van der Waals surface area contributed by atoms with Crippen LogP contribution in [0.4, 0.5) is 0 Å². The maximum Gasteiger partial charge on any atom is 0.136 e. The van der Waals surface area contributed by atoms with Crippen LogP contribution in [0.25, 0.3) is 0 Å². The van der Waals surface area contributed by atoms with Gasteiger partial charge >= 0.3 is 0 Å². The molecule has 0 amide bonds. The Kier molecular flexibility index (Phi) is 4.11. The minimum atomic E-state index is 0.485. The largest absolute Gasteiger partial charge is 0.495 e. The summed E-state index contributed by atoms with van der Waals surface area (Å²) in [6.45, 7) is 7.92. The van der Waals surface area contributed by atoms with Gasteiger partial charge in [0.25, 0.3) is 0 Å². The number of hydrogen-bond acceptors (Lipinski definition) is 3. The highest BCUT2D eigenvalue weighted by Gasteiger charge is 2.25. The van der Waals surface area contributed by atoms with Gasteiger partial charge in [-0.3, -0.25) is 4.90 Å². The highest BCUT2D eigenvalue weighted by molar-refractivity contribution is 5.45. The number of ether oxygens (including phenoxy) is 1. The molecule has 2 rings (SSSR count). The first kappa shape index (κ1) is 13.9. The van der Waals surface area contributed by atoms with E-state index in [-0.39, 0.29) is 0 Å². The van der Waals surface area contributed by atoms with Crippen molar-refractivity contribution >= 4 is 0 Å². The van der Waals surface area contributed by atoms with Crippen LogP contribution in [0.15, 0.2) is 18.2 Å². The van der Waals surface area contributed by atoms with Crippen LogP contribution >= 0.6 is 0 Å². The molecule has 0 bridgehead atoms. The van der Waals surface area contributed by atoms with E-state index in [4.69, 9.17) is 10.00 Å². The minimum absolute atomic E-state index is 0.485. The second kappa shape index (κ2) is 5.63. The number of piperidine rings is 1. The number of benzene rings is 1. The molecule has 3 nitrogen and oxygen atoms in total. The monoisotopic (exact) mass is 258 g/mol. The molecule has 0 unspecified atom stereocenters. The maximum atomic E-state index is 8.98. The molecule has 0 spiro atoms. The lowest BCUT2D eigenvalue weighted by atomic mass is 9.82. The Hall–Kier alpha value is -1.53. The van der Waals surface area contributed by atoms with Gasteiger partial charge in [0.05, 0.1) is 12.7 Å². The molecular formula is C16H22N2O. The fraction of sp³-hybridized carbons (Fsp3) is 0.562. The van der Waals surface area contributed by atoms with Crippen molar-refractivity contribution < 1.29 is 4.74 Å². The van der Waals surface area contributed by atoms with Gasteiger partial charge in [-0.2, -0.15) is 5.26 Å². The summed E-state index contributed by atoms with van der Waals surface area (Å²) in [6.07, 6.45) is 2.50. The molecule has 3 heteroatoms. The predicted molar refractivity (Wildman–Crippen MR) is 76.0 cm³/mol. The van der Waals surface area contributed by atoms with Crippen LogP contribution in [0.5, 0.6) is 5.75 Å². The van der Waals surface area contributed by atoms with Crippen LogP contribution in [-0.2, 0) is 6.54 Å². The van der Waals surface area contributed by atoms with Crippen molar-refractivity contribution in [3.05, 3.63) is 29.3 Å². The molecule has 1 heterocycles. The van der Waals surface area contributed by atoms with Crippen LogP contribution in [0, 0.1) is 16.7 Å². The van der Waals surface area contributed by atoms with Gasteiger partial charge in [0.1, 0.15) is 11.8 Å². The quantitative estimate of drug-likeness (QED) is 0.835. The Bertz CT molecular complexity index is 478. The molecule has 0 radical (unpaired) electrons. The molecule has 19 heavy (non-hydrogen) atoms. The van der Waals surface area contributed by atoms with E-state index in [9.17, 15) is 0 Å². The van der Waals surface area contributed by atoms with Gasteiger partial charge in [0, 0.05) is 6.54 Å². The lowest BCUT2D eigenvalue weighted by molar-refractivity contribution is 0.127. The third kappa shape index (κ3) is 3.48. The smallest absolute Gasteiger partial charge is 0.136 e. The van der Waals surface area contributed by atoms with Gasteiger partial charge in [-0.25, -0.2) is 0 Å². The Balaban J connectivity index is 2.02. The average molecular weight is 258 g/mol. The van der Waals surface area contributed by atoms with Gasteiger partial charge in [0.2, 0.25) is 0 Å². The molecule has 0 saturated carbocycles. The molecule has 0 atom stereocenters. The number of nitriles is 1. The van der Waals surface area contributed by atoms with E-state index in [1.165, 1.54) is 18.4 Å². The van der Waals surface area contributed by atoms with Crippen LogP contribution < -0.4 is 4.74 Å². The molecule has 1 aliphatic heterocycles. The highest BCUT2D eigenvalue weighted by atomic mass is 16.5. The lowest BCUT2D eigenvalue weighted by Gasteiger charge is -2.36. The van der Waals surface area contributed by atoms with Crippen molar-refractivity contribution in [1.29, 1.82) is 5.26 Å². The highest BCUT2D eigenvalue weighted by Crippen LogP contribution is 2.30. The molecule has 1 saturated heterocycles. The first-order chi connectivity index (χ1) is 9.04. The first-order valence-corrected chi connectivity index (χ1v) is 6.83. The molecule has 1 aromatic carbocycles. The average Bonchev–Trinajstić information content (AvgIpc) is 2.41. The van der Waals surface area contributed by atoms with Gasteiger partial charge in [-0.15, -0.1) is 0 Å². The number of hydrogen-bond donors (Lipinski definition) is 0. The Labute approximate surface area is 115 Å². The van der Waals surface area contributed by atoms with E-state index in [1.807, 2.05) is 18.2 Å². The van der Waals surface area contributed by atoms with Gasteiger partial charge in [-0.05, 0) is 49.0 Å². The van der Waals surface area contributed by atoms with Crippen molar-refractivity contribution in [2.75, 3.05) is 20.2 Å². The Morgan fingerprint density at radius 2 is 2.00 bits per heavy atom. The normalized spacial score (nSPS) is 18.8. The van der Waals surface area contributed by atoms with Crippen molar-refractivity contribution in [3.8, 4) is 11.8 Å². The summed E-state index contributed by atoms with van der Waals surface area (Å²) >= 11 is 0. The fourth-order valence-electron chi connectivity index (χ4n) is 2.50. The summed E-state index contributed by atoms with van der Waals surface area (Å²) < 4.78 is 5.26. The van der Waals surface area contributed by atoms with E-state index < -0.39 is 0 Å². The van der Waals surface area contributed by atoms with Crippen molar-refractivity contribution in [2.24, 2.45) is 5.41 Å². The van der Waals surface area contributed by atoms with E-state index in [0.717, 1.165) is 19.6 Å². The van der Waals surface area contributed by atoms with E-state index >= 15 is 0 Å². The summed E-state index contributed by atoms with van der Waals surface area (Å²) in [4.78, 5) is 2.48. The predicted octanol–water partition coefficient (Wildman–Crippen LogP) is 3.19. The number of rotatable bonds is 3. The van der Waals surface area contributed by atoms with Crippen LogP contribution in [0.2, 0.25) is 0 Å².